The monoisotopic (exact) mass is 495 g/mol. The number of rotatable bonds is 6. The van der Waals surface area contributed by atoms with Crippen molar-refractivity contribution in [2.24, 2.45) is 0 Å². The zero-order chi connectivity index (χ0) is 25.4. The number of alkyl halides is 6. The van der Waals surface area contributed by atoms with Crippen molar-refractivity contribution in [3.8, 4) is 11.5 Å². The number of nitrogens with zero attached hydrogens (tertiary/aromatic N) is 3. The molecule has 2 heterocycles. The quantitative estimate of drug-likeness (QED) is 0.249. The van der Waals surface area contributed by atoms with Crippen LogP contribution in [-0.4, -0.2) is 28.4 Å². The van der Waals surface area contributed by atoms with Gasteiger partial charge in [0.05, 0.1) is 22.2 Å². The molecule has 0 bridgehead atoms. The van der Waals surface area contributed by atoms with E-state index in [2.05, 4.69) is 20.3 Å². The molecule has 4 aromatic rings. The normalized spacial score (nSPS) is 12.0. The van der Waals surface area contributed by atoms with Gasteiger partial charge in [-0.2, -0.15) is 26.3 Å². The maximum Gasteiger partial charge on any atom is 0.416 e. The number of anilines is 3. The number of aromatic nitrogens is 3. The summed E-state index contributed by atoms with van der Waals surface area (Å²) >= 11 is 0. The summed E-state index contributed by atoms with van der Waals surface area (Å²) < 4.78 is 84.3. The molecule has 2 aromatic heterocycles. The van der Waals surface area contributed by atoms with Gasteiger partial charge in [-0.3, -0.25) is 4.79 Å². The zero-order valence-electron chi connectivity index (χ0n) is 17.7. The van der Waals surface area contributed by atoms with E-state index < -0.39 is 29.2 Å². The molecule has 0 saturated heterocycles. The number of H-pyrrole nitrogens is 1. The van der Waals surface area contributed by atoms with Crippen LogP contribution < -0.4 is 15.0 Å². The number of amides is 1. The van der Waals surface area contributed by atoms with E-state index >= 15 is 0 Å². The molecule has 0 atom stereocenters. The molecule has 0 radical (unpaired) electrons. The molecule has 0 saturated carbocycles. The summed E-state index contributed by atoms with van der Waals surface area (Å²) in [5.41, 5.74) is -2.53. The average Bonchev–Trinajstić information content (AvgIpc) is 3.18. The van der Waals surface area contributed by atoms with Crippen LogP contribution in [0.2, 0.25) is 0 Å². The van der Waals surface area contributed by atoms with Crippen molar-refractivity contribution in [3.63, 3.8) is 0 Å². The molecule has 4 rings (SSSR count). The third kappa shape index (κ3) is 5.45. The van der Waals surface area contributed by atoms with E-state index in [1.807, 2.05) is 0 Å². The smallest absolute Gasteiger partial charge is 0.416 e. The molecule has 1 amide bonds. The first-order valence-corrected chi connectivity index (χ1v) is 9.81. The van der Waals surface area contributed by atoms with Crippen LogP contribution in [-0.2, 0) is 17.1 Å². The van der Waals surface area contributed by atoms with Gasteiger partial charge in [0.2, 0.25) is 12.4 Å². The zero-order valence-corrected chi connectivity index (χ0v) is 17.7. The molecule has 182 valence electrons. The van der Waals surface area contributed by atoms with Crippen LogP contribution in [0.1, 0.15) is 11.1 Å². The minimum atomic E-state index is -4.97. The number of carbonyl (C=O) groups excluding carboxylic acids is 1. The number of imidazole rings is 1. The van der Waals surface area contributed by atoms with Gasteiger partial charge in [0, 0.05) is 31.1 Å². The first-order valence-electron chi connectivity index (χ1n) is 9.81. The lowest BCUT2D eigenvalue weighted by Gasteiger charge is -2.14. The summed E-state index contributed by atoms with van der Waals surface area (Å²) in [5, 5.41) is 2.46. The number of pyridine rings is 1. The third-order valence-electron chi connectivity index (χ3n) is 4.78. The van der Waals surface area contributed by atoms with E-state index in [0.717, 1.165) is 0 Å². The van der Waals surface area contributed by atoms with Crippen molar-refractivity contribution in [3.05, 3.63) is 65.9 Å². The molecule has 0 aliphatic rings. The first-order chi connectivity index (χ1) is 16.4. The Morgan fingerprint density at radius 3 is 2.23 bits per heavy atom. The van der Waals surface area contributed by atoms with E-state index in [-0.39, 0.29) is 12.0 Å². The van der Waals surface area contributed by atoms with Crippen LogP contribution in [0.15, 0.2) is 54.7 Å². The topological polar surface area (TPSA) is 83.1 Å². The minimum absolute atomic E-state index is 0.0464. The van der Waals surface area contributed by atoms with Crippen molar-refractivity contribution in [1.29, 1.82) is 0 Å². The summed E-state index contributed by atoms with van der Waals surface area (Å²) in [7, 11) is 1.52. The number of fused-ring (bicyclic) bond motifs is 1. The Morgan fingerprint density at radius 1 is 0.943 bits per heavy atom. The van der Waals surface area contributed by atoms with Crippen molar-refractivity contribution < 1.29 is 35.9 Å². The van der Waals surface area contributed by atoms with Crippen molar-refractivity contribution >= 4 is 34.9 Å². The van der Waals surface area contributed by atoms with Crippen LogP contribution in [0.25, 0.3) is 11.0 Å². The molecule has 0 fully saturated rings. The van der Waals surface area contributed by atoms with Gasteiger partial charge in [0.25, 0.3) is 0 Å². The predicted molar refractivity (Wildman–Crippen MR) is 115 cm³/mol. The fraction of sp³-hybridized carbons (Fsp3) is 0.136. The Morgan fingerprint density at radius 2 is 1.60 bits per heavy atom. The van der Waals surface area contributed by atoms with Gasteiger partial charge in [-0.1, -0.05) is 0 Å². The van der Waals surface area contributed by atoms with E-state index in [1.165, 1.54) is 24.2 Å². The Kier molecular flexibility index (Phi) is 6.01. The molecule has 35 heavy (non-hydrogen) atoms. The summed E-state index contributed by atoms with van der Waals surface area (Å²) in [6, 6.07) is 8.95. The van der Waals surface area contributed by atoms with Crippen LogP contribution in [0.3, 0.4) is 0 Å². The highest BCUT2D eigenvalue weighted by atomic mass is 19.4. The van der Waals surface area contributed by atoms with Gasteiger partial charge >= 0.3 is 12.4 Å². The molecule has 2 N–H and O–H groups in total. The number of nitrogens with one attached hydrogen (secondary N) is 2. The van der Waals surface area contributed by atoms with E-state index in [0.29, 0.717) is 46.9 Å². The van der Waals surface area contributed by atoms with E-state index in [1.54, 1.807) is 24.3 Å². The lowest BCUT2D eigenvalue weighted by Crippen LogP contribution is -2.14. The van der Waals surface area contributed by atoms with Gasteiger partial charge in [0.15, 0.2) is 0 Å². The number of hydrogen-bond acceptors (Lipinski definition) is 5. The summed E-state index contributed by atoms with van der Waals surface area (Å²) in [6.45, 7) is 0. The number of halogens is 6. The number of ether oxygens (including phenoxy) is 1. The molecular weight excluding hydrogens is 480 g/mol. The van der Waals surface area contributed by atoms with Gasteiger partial charge in [-0.05, 0) is 36.4 Å². The standard InChI is InChI=1S/C22H15F6N5O2/c1-33(11-34)19-10-16(4-5-29-19)35-15-2-3-17-18(9-15)32-20(31-17)30-14-7-12(21(23,24)25)6-13(8-14)22(26,27)28/h2-11H,1H3,(H2,30,31,32). The maximum absolute atomic E-state index is 13.1. The lowest BCUT2D eigenvalue weighted by molar-refractivity contribution is -0.143. The summed E-state index contributed by atoms with van der Waals surface area (Å²) in [6.07, 6.45) is -7.90. The maximum atomic E-state index is 13.1. The number of hydrogen-bond donors (Lipinski definition) is 2. The Bertz CT molecular complexity index is 1350. The van der Waals surface area contributed by atoms with Gasteiger partial charge in [-0.15, -0.1) is 0 Å². The Hall–Kier alpha value is -4.29. The van der Waals surface area contributed by atoms with Crippen LogP contribution >= 0.6 is 0 Å². The third-order valence-corrected chi connectivity index (χ3v) is 4.78. The van der Waals surface area contributed by atoms with Gasteiger partial charge < -0.3 is 19.9 Å². The molecule has 0 aliphatic carbocycles. The van der Waals surface area contributed by atoms with Crippen molar-refractivity contribution in [1.82, 2.24) is 15.0 Å². The number of aromatic amines is 1. The van der Waals surface area contributed by atoms with Gasteiger partial charge in [-0.25, -0.2) is 9.97 Å². The molecule has 0 aliphatic heterocycles. The fourth-order valence-electron chi connectivity index (χ4n) is 3.12. The van der Waals surface area contributed by atoms with E-state index in [4.69, 9.17) is 4.74 Å². The summed E-state index contributed by atoms with van der Waals surface area (Å²) in [5.74, 6) is 1.02. The highest BCUT2D eigenvalue weighted by Crippen LogP contribution is 2.38. The number of carbonyl (C=O) groups is 1. The first kappa shape index (κ1) is 23.9. The average molecular weight is 495 g/mol. The Labute approximate surface area is 193 Å². The molecule has 2 aromatic carbocycles. The van der Waals surface area contributed by atoms with Crippen molar-refractivity contribution in [2.75, 3.05) is 17.3 Å². The SMILES string of the molecule is CN(C=O)c1cc(Oc2ccc3nc(Nc4cc(C(F)(F)F)cc(C(F)(F)F)c4)[nH]c3c2)ccn1. The fourth-order valence-corrected chi connectivity index (χ4v) is 3.12. The second kappa shape index (κ2) is 8.81. The molecule has 7 nitrogen and oxygen atoms in total. The van der Waals surface area contributed by atoms with Crippen molar-refractivity contribution in [2.45, 2.75) is 12.4 Å². The number of benzene rings is 2. The molecule has 13 heteroatoms. The van der Waals surface area contributed by atoms with Crippen LogP contribution in [0, 0.1) is 0 Å². The second-order valence-electron chi connectivity index (χ2n) is 7.35. The lowest BCUT2D eigenvalue weighted by atomic mass is 10.1. The van der Waals surface area contributed by atoms with Crippen LogP contribution in [0.4, 0.5) is 43.8 Å². The molecule has 0 unspecified atom stereocenters. The highest BCUT2D eigenvalue weighted by Gasteiger charge is 2.37. The molecular formula is C22H15F6N5O2. The van der Waals surface area contributed by atoms with Gasteiger partial charge in [0.1, 0.15) is 17.3 Å². The second-order valence-corrected chi connectivity index (χ2v) is 7.35. The Balaban J connectivity index is 1.60. The summed E-state index contributed by atoms with van der Waals surface area (Å²) in [4.78, 5) is 23.1. The van der Waals surface area contributed by atoms with Crippen LogP contribution in [0.5, 0.6) is 11.5 Å². The largest absolute Gasteiger partial charge is 0.457 e. The van der Waals surface area contributed by atoms with E-state index in [9.17, 15) is 31.1 Å². The molecule has 0 spiro atoms. The minimum Gasteiger partial charge on any atom is -0.457 e. The highest BCUT2D eigenvalue weighted by molar-refractivity contribution is 5.80. The predicted octanol–water partition coefficient (Wildman–Crippen LogP) is 6.12.